The Kier molecular flexibility index (Phi) is 4.00. The van der Waals surface area contributed by atoms with Crippen LogP contribution in [0.5, 0.6) is 0 Å². The smallest absolute Gasteiger partial charge is 0.191 e. The third kappa shape index (κ3) is 2.77. The van der Waals surface area contributed by atoms with Gasteiger partial charge in [0.25, 0.3) is 0 Å². The van der Waals surface area contributed by atoms with Crippen molar-refractivity contribution in [1.29, 1.82) is 0 Å². The third-order valence-corrected chi connectivity index (χ3v) is 2.39. The van der Waals surface area contributed by atoms with Gasteiger partial charge in [-0.25, -0.2) is 9.97 Å². The Hall–Kier alpha value is -0.970. The number of thioether (sulfide) groups is 1. The van der Waals surface area contributed by atoms with E-state index in [4.69, 9.17) is 5.73 Å². The number of rotatable bonds is 4. The first-order chi connectivity index (χ1) is 6.67. The molecule has 0 spiro atoms. The second-order valence-electron chi connectivity index (χ2n) is 3.06. The average molecular weight is 212 g/mol. The van der Waals surface area contributed by atoms with Crippen molar-refractivity contribution in [2.75, 3.05) is 30.5 Å². The van der Waals surface area contributed by atoms with Crippen LogP contribution in [0.2, 0.25) is 0 Å². The van der Waals surface area contributed by atoms with E-state index in [1.54, 1.807) is 6.07 Å². The van der Waals surface area contributed by atoms with Gasteiger partial charge in [-0.2, -0.15) is 0 Å². The lowest BCUT2D eigenvalue weighted by Crippen LogP contribution is -2.19. The molecule has 0 saturated heterocycles. The van der Waals surface area contributed by atoms with Gasteiger partial charge in [0, 0.05) is 19.7 Å². The lowest BCUT2D eigenvalue weighted by molar-refractivity contribution is 0.819. The van der Waals surface area contributed by atoms with Gasteiger partial charge in [0.15, 0.2) is 5.16 Å². The second kappa shape index (κ2) is 5.05. The first-order valence-corrected chi connectivity index (χ1v) is 5.79. The van der Waals surface area contributed by atoms with Gasteiger partial charge < -0.3 is 10.6 Å². The highest BCUT2D eigenvalue weighted by Crippen LogP contribution is 2.17. The van der Waals surface area contributed by atoms with Crippen molar-refractivity contribution in [3.8, 4) is 0 Å². The molecule has 2 N–H and O–H groups in total. The summed E-state index contributed by atoms with van der Waals surface area (Å²) in [6.45, 7) is 3.11. The largest absolute Gasteiger partial charge is 0.383 e. The van der Waals surface area contributed by atoms with E-state index in [1.165, 1.54) is 11.8 Å². The van der Waals surface area contributed by atoms with Crippen molar-refractivity contribution in [1.82, 2.24) is 9.97 Å². The summed E-state index contributed by atoms with van der Waals surface area (Å²) in [5.41, 5.74) is 5.68. The molecule has 0 radical (unpaired) electrons. The topological polar surface area (TPSA) is 55.0 Å². The Morgan fingerprint density at radius 3 is 2.79 bits per heavy atom. The molecule has 1 heterocycles. The molecule has 0 aliphatic carbocycles. The van der Waals surface area contributed by atoms with Crippen LogP contribution in [0.4, 0.5) is 11.6 Å². The molecule has 0 saturated carbocycles. The predicted octanol–water partition coefficient (Wildman–Crippen LogP) is 1.63. The van der Waals surface area contributed by atoms with Gasteiger partial charge in [-0.1, -0.05) is 18.7 Å². The molecule has 0 aliphatic heterocycles. The number of aromatic nitrogens is 2. The summed E-state index contributed by atoms with van der Waals surface area (Å²) in [7, 11) is 2.01. The summed E-state index contributed by atoms with van der Waals surface area (Å²) < 4.78 is 0. The summed E-state index contributed by atoms with van der Waals surface area (Å²) in [5.74, 6) is 1.42. The molecular weight excluding hydrogens is 196 g/mol. The quantitative estimate of drug-likeness (QED) is 0.607. The first kappa shape index (κ1) is 11.1. The fraction of sp³-hybridized carbons (Fsp3) is 0.556. The molecule has 0 unspecified atom stereocenters. The Labute approximate surface area is 88.9 Å². The lowest BCUT2D eigenvalue weighted by Gasteiger charge is -2.17. The van der Waals surface area contributed by atoms with Crippen LogP contribution in [-0.2, 0) is 0 Å². The number of hydrogen-bond donors (Lipinski definition) is 1. The van der Waals surface area contributed by atoms with Crippen LogP contribution < -0.4 is 10.6 Å². The maximum absolute atomic E-state index is 5.68. The van der Waals surface area contributed by atoms with Crippen LogP contribution >= 0.6 is 11.8 Å². The van der Waals surface area contributed by atoms with Gasteiger partial charge in [-0.15, -0.1) is 0 Å². The van der Waals surface area contributed by atoms with Gasteiger partial charge in [-0.3, -0.25) is 0 Å². The fourth-order valence-corrected chi connectivity index (χ4v) is 1.55. The minimum Gasteiger partial charge on any atom is -0.383 e. The fourth-order valence-electron chi connectivity index (χ4n) is 1.17. The molecule has 0 aliphatic rings. The van der Waals surface area contributed by atoms with E-state index >= 15 is 0 Å². The Morgan fingerprint density at radius 2 is 2.21 bits per heavy atom. The summed E-state index contributed by atoms with van der Waals surface area (Å²) in [6.07, 6.45) is 3.04. The molecule has 0 bridgehead atoms. The molecular formula is C9H16N4S. The maximum Gasteiger partial charge on any atom is 0.191 e. The highest BCUT2D eigenvalue weighted by molar-refractivity contribution is 7.98. The molecule has 1 aromatic rings. The standard InChI is InChI=1S/C9H16N4S/c1-4-5-13(2)8-6-7(10)11-9(12-8)14-3/h6H,4-5H2,1-3H3,(H2,10,11,12). The second-order valence-corrected chi connectivity index (χ2v) is 3.83. The zero-order chi connectivity index (χ0) is 10.6. The molecule has 5 heteroatoms. The normalized spacial score (nSPS) is 10.2. The molecule has 1 aromatic heterocycles. The molecule has 0 atom stereocenters. The van der Waals surface area contributed by atoms with E-state index in [9.17, 15) is 0 Å². The minimum atomic E-state index is 0.530. The van der Waals surface area contributed by atoms with Crippen LogP contribution in [-0.4, -0.2) is 29.8 Å². The van der Waals surface area contributed by atoms with Crippen molar-refractivity contribution >= 4 is 23.4 Å². The summed E-state index contributed by atoms with van der Waals surface area (Å²) in [6, 6.07) is 1.80. The number of hydrogen-bond acceptors (Lipinski definition) is 5. The summed E-state index contributed by atoms with van der Waals surface area (Å²) in [5, 5.41) is 0.725. The summed E-state index contributed by atoms with van der Waals surface area (Å²) in [4.78, 5) is 10.5. The molecule has 0 amide bonds. The highest BCUT2D eigenvalue weighted by atomic mass is 32.2. The first-order valence-electron chi connectivity index (χ1n) is 4.57. The van der Waals surface area contributed by atoms with Crippen molar-refractivity contribution < 1.29 is 0 Å². The van der Waals surface area contributed by atoms with Gasteiger partial charge in [0.1, 0.15) is 11.6 Å². The average Bonchev–Trinajstić information content (AvgIpc) is 2.17. The zero-order valence-electron chi connectivity index (χ0n) is 8.82. The van der Waals surface area contributed by atoms with Gasteiger partial charge >= 0.3 is 0 Å². The van der Waals surface area contributed by atoms with Crippen LogP contribution in [0.1, 0.15) is 13.3 Å². The zero-order valence-corrected chi connectivity index (χ0v) is 9.64. The summed E-state index contributed by atoms with van der Waals surface area (Å²) >= 11 is 1.50. The maximum atomic E-state index is 5.68. The van der Waals surface area contributed by atoms with E-state index in [2.05, 4.69) is 21.8 Å². The molecule has 14 heavy (non-hydrogen) atoms. The van der Waals surface area contributed by atoms with E-state index < -0.39 is 0 Å². The van der Waals surface area contributed by atoms with Crippen LogP contribution in [0.15, 0.2) is 11.2 Å². The molecule has 0 fully saturated rings. The van der Waals surface area contributed by atoms with E-state index in [1.807, 2.05) is 13.3 Å². The molecule has 0 aromatic carbocycles. The van der Waals surface area contributed by atoms with Gasteiger partial charge in [-0.05, 0) is 12.7 Å². The van der Waals surface area contributed by atoms with Crippen molar-refractivity contribution in [3.63, 3.8) is 0 Å². The SMILES string of the molecule is CCCN(C)c1cc(N)nc(SC)n1. The van der Waals surface area contributed by atoms with E-state index in [0.717, 1.165) is 23.9 Å². The number of nitrogen functional groups attached to an aromatic ring is 1. The van der Waals surface area contributed by atoms with E-state index in [0.29, 0.717) is 5.82 Å². The van der Waals surface area contributed by atoms with Crippen LogP contribution in [0.3, 0.4) is 0 Å². The predicted molar refractivity (Wildman–Crippen MR) is 61.8 cm³/mol. The van der Waals surface area contributed by atoms with Crippen molar-refractivity contribution in [3.05, 3.63) is 6.07 Å². The molecule has 1 rings (SSSR count). The Morgan fingerprint density at radius 1 is 1.50 bits per heavy atom. The highest BCUT2D eigenvalue weighted by Gasteiger charge is 2.05. The number of nitrogens with two attached hydrogens (primary N) is 1. The Balaban J connectivity index is 2.90. The lowest BCUT2D eigenvalue weighted by atomic mass is 10.4. The van der Waals surface area contributed by atoms with Crippen molar-refractivity contribution in [2.45, 2.75) is 18.5 Å². The number of anilines is 2. The molecule has 4 nitrogen and oxygen atoms in total. The monoisotopic (exact) mass is 212 g/mol. The number of nitrogens with zero attached hydrogens (tertiary/aromatic N) is 3. The minimum absolute atomic E-state index is 0.530. The van der Waals surface area contributed by atoms with Crippen molar-refractivity contribution in [2.24, 2.45) is 0 Å². The third-order valence-electron chi connectivity index (χ3n) is 1.84. The van der Waals surface area contributed by atoms with Crippen LogP contribution in [0.25, 0.3) is 0 Å². The van der Waals surface area contributed by atoms with E-state index in [-0.39, 0.29) is 0 Å². The van der Waals surface area contributed by atoms with Crippen LogP contribution in [0, 0.1) is 0 Å². The van der Waals surface area contributed by atoms with Gasteiger partial charge in [0.2, 0.25) is 0 Å². The Bertz CT molecular complexity index is 303. The molecule has 78 valence electrons. The van der Waals surface area contributed by atoms with Gasteiger partial charge in [0.05, 0.1) is 0 Å².